The van der Waals surface area contributed by atoms with Crippen LogP contribution in [-0.4, -0.2) is 41.8 Å². The lowest BCUT2D eigenvalue weighted by molar-refractivity contribution is -0.129. The van der Waals surface area contributed by atoms with Crippen molar-refractivity contribution in [2.45, 2.75) is 12.8 Å². The Hall–Kier alpha value is -3.99. The third kappa shape index (κ3) is 4.05. The number of rotatable bonds is 5. The summed E-state index contributed by atoms with van der Waals surface area (Å²) in [4.78, 5) is 32.9. The van der Waals surface area contributed by atoms with Crippen molar-refractivity contribution in [3.8, 4) is 11.1 Å². The standard InChI is InChI=1S/C29H27N3O2/c1-30-28(34)29(19-21-8-5-12-24(18-21)22-9-3-2-4-10-22)15-17-32(20-29)27(33)25-14-6-11-23-13-7-16-31-26(23)25/h2-14,16,18H,15,17,19-20H2,1H3,(H,30,34). The lowest BCUT2D eigenvalue weighted by atomic mass is 9.79. The van der Waals surface area contributed by atoms with Crippen LogP contribution in [0.3, 0.4) is 0 Å². The number of amides is 2. The van der Waals surface area contributed by atoms with Gasteiger partial charge in [-0.2, -0.15) is 0 Å². The molecule has 2 amide bonds. The molecule has 1 aromatic heterocycles. The summed E-state index contributed by atoms with van der Waals surface area (Å²) in [5, 5.41) is 3.79. The Morgan fingerprint density at radius 3 is 2.53 bits per heavy atom. The first-order chi connectivity index (χ1) is 16.6. The fourth-order valence-corrected chi connectivity index (χ4v) is 5.05. The highest BCUT2D eigenvalue weighted by Crippen LogP contribution is 2.36. The number of nitrogens with one attached hydrogen (secondary N) is 1. The summed E-state index contributed by atoms with van der Waals surface area (Å²) in [6, 6.07) is 28.0. The van der Waals surface area contributed by atoms with Crippen LogP contribution < -0.4 is 5.32 Å². The second-order valence-corrected chi connectivity index (χ2v) is 8.96. The second-order valence-electron chi connectivity index (χ2n) is 8.96. The van der Waals surface area contributed by atoms with E-state index in [4.69, 9.17) is 0 Å². The lowest BCUT2D eigenvalue weighted by Gasteiger charge is -2.28. The molecule has 1 unspecified atom stereocenters. The monoisotopic (exact) mass is 449 g/mol. The van der Waals surface area contributed by atoms with Crippen LogP contribution in [0.25, 0.3) is 22.0 Å². The predicted molar refractivity (Wildman–Crippen MR) is 134 cm³/mol. The normalized spacial score (nSPS) is 17.6. The van der Waals surface area contributed by atoms with Crippen LogP contribution in [0.2, 0.25) is 0 Å². The van der Waals surface area contributed by atoms with Crippen LogP contribution in [0.15, 0.2) is 91.1 Å². The summed E-state index contributed by atoms with van der Waals surface area (Å²) in [6.45, 7) is 0.915. The summed E-state index contributed by atoms with van der Waals surface area (Å²) in [5.74, 6) is -0.0999. The van der Waals surface area contributed by atoms with Gasteiger partial charge in [0.1, 0.15) is 0 Å². The molecule has 34 heavy (non-hydrogen) atoms. The number of nitrogens with zero attached hydrogens (tertiary/aromatic N) is 2. The van der Waals surface area contributed by atoms with Crippen molar-refractivity contribution >= 4 is 22.7 Å². The Morgan fingerprint density at radius 1 is 0.941 bits per heavy atom. The van der Waals surface area contributed by atoms with Crippen molar-refractivity contribution in [1.82, 2.24) is 15.2 Å². The summed E-state index contributed by atoms with van der Waals surface area (Å²) in [7, 11) is 1.67. The Kier molecular flexibility index (Phi) is 5.84. The molecule has 170 valence electrons. The van der Waals surface area contributed by atoms with E-state index in [0.29, 0.717) is 37.0 Å². The minimum Gasteiger partial charge on any atom is -0.359 e. The highest BCUT2D eigenvalue weighted by molar-refractivity contribution is 6.05. The summed E-state index contributed by atoms with van der Waals surface area (Å²) in [5.41, 5.74) is 3.96. The average molecular weight is 450 g/mol. The van der Waals surface area contributed by atoms with Crippen LogP contribution >= 0.6 is 0 Å². The van der Waals surface area contributed by atoms with Crippen molar-refractivity contribution in [3.05, 3.63) is 102 Å². The molecule has 4 aromatic rings. The smallest absolute Gasteiger partial charge is 0.256 e. The predicted octanol–water partition coefficient (Wildman–Crippen LogP) is 4.72. The molecule has 1 aliphatic rings. The highest BCUT2D eigenvalue weighted by Gasteiger charge is 2.45. The van der Waals surface area contributed by atoms with E-state index in [1.54, 1.807) is 18.1 Å². The average Bonchev–Trinajstić information content (AvgIpc) is 3.33. The molecule has 0 saturated carbocycles. The number of likely N-dealkylation sites (tertiary alicyclic amines) is 1. The van der Waals surface area contributed by atoms with Crippen molar-refractivity contribution in [1.29, 1.82) is 0 Å². The van der Waals surface area contributed by atoms with Gasteiger partial charge in [0, 0.05) is 31.7 Å². The van der Waals surface area contributed by atoms with E-state index < -0.39 is 5.41 Å². The first-order valence-corrected chi connectivity index (χ1v) is 11.6. The van der Waals surface area contributed by atoms with Gasteiger partial charge in [-0.3, -0.25) is 14.6 Å². The number of pyridine rings is 1. The van der Waals surface area contributed by atoms with Crippen LogP contribution in [-0.2, 0) is 11.2 Å². The van der Waals surface area contributed by atoms with Crippen molar-refractivity contribution in [3.63, 3.8) is 0 Å². The molecular weight excluding hydrogens is 422 g/mol. The van der Waals surface area contributed by atoms with E-state index in [1.165, 1.54) is 0 Å². The van der Waals surface area contributed by atoms with Gasteiger partial charge in [-0.1, -0.05) is 72.8 Å². The number of hydrogen-bond donors (Lipinski definition) is 1. The molecule has 1 aliphatic heterocycles. The molecule has 1 fully saturated rings. The van der Waals surface area contributed by atoms with Gasteiger partial charge in [0.15, 0.2) is 0 Å². The molecular formula is C29H27N3O2. The first-order valence-electron chi connectivity index (χ1n) is 11.6. The van der Waals surface area contributed by atoms with Crippen molar-refractivity contribution in [2.24, 2.45) is 5.41 Å². The van der Waals surface area contributed by atoms with Gasteiger partial charge in [-0.05, 0) is 41.7 Å². The van der Waals surface area contributed by atoms with E-state index in [-0.39, 0.29) is 11.8 Å². The van der Waals surface area contributed by atoms with E-state index >= 15 is 0 Å². The van der Waals surface area contributed by atoms with E-state index in [9.17, 15) is 9.59 Å². The maximum Gasteiger partial charge on any atom is 0.256 e. The van der Waals surface area contributed by atoms with Gasteiger partial charge in [0.2, 0.25) is 5.91 Å². The van der Waals surface area contributed by atoms with Gasteiger partial charge in [0.25, 0.3) is 5.91 Å². The Balaban J connectivity index is 1.43. The number of aromatic nitrogens is 1. The van der Waals surface area contributed by atoms with Gasteiger partial charge in [-0.15, -0.1) is 0 Å². The van der Waals surface area contributed by atoms with Crippen LogP contribution in [0.5, 0.6) is 0 Å². The number of fused-ring (bicyclic) bond motifs is 1. The molecule has 1 saturated heterocycles. The molecule has 5 nitrogen and oxygen atoms in total. The van der Waals surface area contributed by atoms with E-state index in [0.717, 1.165) is 22.1 Å². The van der Waals surface area contributed by atoms with Crippen molar-refractivity contribution in [2.75, 3.05) is 20.1 Å². The van der Waals surface area contributed by atoms with Crippen LogP contribution in [0.4, 0.5) is 0 Å². The Bertz CT molecular complexity index is 1350. The zero-order valence-electron chi connectivity index (χ0n) is 19.2. The molecule has 0 radical (unpaired) electrons. The number of carbonyl (C=O) groups excluding carboxylic acids is 2. The molecule has 0 spiro atoms. The molecule has 5 heteroatoms. The number of carbonyl (C=O) groups is 2. The van der Waals surface area contributed by atoms with E-state index in [1.807, 2.05) is 54.6 Å². The quantitative estimate of drug-likeness (QED) is 0.479. The minimum absolute atomic E-state index is 0.0241. The van der Waals surface area contributed by atoms with Crippen LogP contribution in [0.1, 0.15) is 22.3 Å². The van der Waals surface area contributed by atoms with E-state index in [2.05, 4.69) is 40.6 Å². The maximum absolute atomic E-state index is 13.5. The fourth-order valence-electron chi connectivity index (χ4n) is 5.05. The van der Waals surface area contributed by atoms with Gasteiger partial charge in [-0.25, -0.2) is 0 Å². The van der Waals surface area contributed by atoms with Gasteiger partial charge >= 0.3 is 0 Å². The summed E-state index contributed by atoms with van der Waals surface area (Å²) >= 11 is 0. The summed E-state index contributed by atoms with van der Waals surface area (Å²) < 4.78 is 0. The Morgan fingerprint density at radius 2 is 1.71 bits per heavy atom. The number of benzene rings is 3. The summed E-state index contributed by atoms with van der Waals surface area (Å²) in [6.07, 6.45) is 2.90. The third-order valence-electron chi connectivity index (χ3n) is 6.79. The first kappa shape index (κ1) is 21.8. The number of para-hydroxylation sites is 1. The van der Waals surface area contributed by atoms with Crippen molar-refractivity contribution < 1.29 is 9.59 Å². The molecule has 1 atom stereocenters. The van der Waals surface area contributed by atoms with Gasteiger partial charge in [0.05, 0.1) is 16.5 Å². The highest BCUT2D eigenvalue weighted by atomic mass is 16.2. The topological polar surface area (TPSA) is 62.3 Å². The lowest BCUT2D eigenvalue weighted by Crippen LogP contribution is -2.44. The molecule has 0 aliphatic carbocycles. The Labute approximate surface area is 199 Å². The molecule has 2 heterocycles. The fraction of sp³-hybridized carbons (Fsp3) is 0.207. The largest absolute Gasteiger partial charge is 0.359 e. The molecule has 0 bridgehead atoms. The second kappa shape index (κ2) is 9.10. The SMILES string of the molecule is CNC(=O)C1(Cc2cccc(-c3ccccc3)c2)CCN(C(=O)c2cccc3cccnc23)C1. The molecule has 3 aromatic carbocycles. The zero-order chi connectivity index (χ0) is 23.5. The van der Waals surface area contributed by atoms with Gasteiger partial charge < -0.3 is 10.2 Å². The molecule has 5 rings (SSSR count). The minimum atomic E-state index is -0.669. The molecule has 1 N–H and O–H groups in total. The third-order valence-corrected chi connectivity index (χ3v) is 6.79. The zero-order valence-corrected chi connectivity index (χ0v) is 19.2. The maximum atomic E-state index is 13.5. The number of hydrogen-bond acceptors (Lipinski definition) is 3. The van der Waals surface area contributed by atoms with Crippen LogP contribution in [0, 0.1) is 5.41 Å².